The summed E-state index contributed by atoms with van der Waals surface area (Å²) in [6, 6.07) is 2.08. The van der Waals surface area contributed by atoms with Crippen LogP contribution >= 0.6 is 0 Å². The summed E-state index contributed by atoms with van der Waals surface area (Å²) in [5.41, 5.74) is 2.29. The van der Waals surface area contributed by atoms with Crippen molar-refractivity contribution in [1.82, 2.24) is 10.2 Å². The molecule has 0 spiro atoms. The maximum absolute atomic E-state index is 4.13. The molecule has 3 heteroatoms. The molecule has 0 saturated carbocycles. The van der Waals surface area contributed by atoms with Crippen molar-refractivity contribution < 1.29 is 0 Å². The fourth-order valence-electron chi connectivity index (χ4n) is 0.840. The van der Waals surface area contributed by atoms with E-state index in [9.17, 15) is 0 Å². The molecule has 2 nitrogen and oxygen atoms in total. The molecule has 0 atom stereocenters. The molecule has 0 aliphatic rings. The molecule has 0 aliphatic heterocycles. The van der Waals surface area contributed by atoms with Gasteiger partial charge in [0.15, 0.2) is 0 Å². The third-order valence-corrected chi connectivity index (χ3v) is 2.55. The van der Waals surface area contributed by atoms with Gasteiger partial charge in [-0.2, -0.15) is 0 Å². The topological polar surface area (TPSA) is 25.8 Å². The van der Waals surface area contributed by atoms with Crippen LogP contribution in [0, 0.1) is 6.92 Å². The van der Waals surface area contributed by atoms with Crippen LogP contribution < -0.4 is 4.59 Å². The molecular weight excluding hydrogens is 215 g/mol. The molecule has 1 radical (unpaired) electrons. The Hall–Kier alpha value is -0.401. The van der Waals surface area contributed by atoms with E-state index in [1.54, 1.807) is 0 Å². The van der Waals surface area contributed by atoms with Gasteiger partial charge in [-0.1, -0.05) is 0 Å². The van der Waals surface area contributed by atoms with Crippen LogP contribution in [0.5, 0.6) is 0 Å². The minimum absolute atomic E-state index is 0.0887. The molecule has 1 rings (SSSR count). The van der Waals surface area contributed by atoms with Gasteiger partial charge in [-0.3, -0.25) is 0 Å². The van der Waals surface area contributed by atoms with E-state index in [2.05, 4.69) is 53.0 Å². The Morgan fingerprint density at radius 1 is 1.25 bits per heavy atom. The van der Waals surface area contributed by atoms with Crippen molar-refractivity contribution in [1.29, 1.82) is 0 Å². The molecule has 0 fully saturated rings. The van der Waals surface area contributed by atoms with E-state index >= 15 is 0 Å². The molecule has 0 aliphatic carbocycles. The Labute approximate surface area is 81.6 Å². The van der Waals surface area contributed by atoms with Crippen LogP contribution in [0.4, 0.5) is 0 Å². The van der Waals surface area contributed by atoms with Gasteiger partial charge >= 0.3 is 81.2 Å². The van der Waals surface area contributed by atoms with Gasteiger partial charge in [-0.15, -0.1) is 0 Å². The summed E-state index contributed by atoms with van der Waals surface area (Å²) in [5, 5.41) is 8.17. The standard InChI is InChI=1S/C9H13N2Se/c1-6-5-7(9(2,3)4)10-11-8(6)12/h5H,1-4H3. The second kappa shape index (κ2) is 3.15. The van der Waals surface area contributed by atoms with Gasteiger partial charge in [0, 0.05) is 0 Å². The Morgan fingerprint density at radius 3 is 2.25 bits per heavy atom. The van der Waals surface area contributed by atoms with Crippen LogP contribution in [-0.4, -0.2) is 26.2 Å². The summed E-state index contributed by atoms with van der Waals surface area (Å²) in [6.45, 7) is 8.44. The first-order valence-electron chi connectivity index (χ1n) is 3.93. The zero-order valence-corrected chi connectivity index (χ0v) is 9.59. The van der Waals surface area contributed by atoms with E-state index in [1.165, 1.54) is 0 Å². The molecular formula is C9H13N2Se. The minimum atomic E-state index is 0.0887. The Bertz CT molecular complexity index is 289. The summed E-state index contributed by atoms with van der Waals surface area (Å²) < 4.78 is 0.892. The van der Waals surface area contributed by atoms with Crippen molar-refractivity contribution in [2.24, 2.45) is 0 Å². The fourth-order valence-corrected chi connectivity index (χ4v) is 1.05. The number of aromatic nitrogens is 2. The Morgan fingerprint density at radius 2 is 1.83 bits per heavy atom. The summed E-state index contributed by atoms with van der Waals surface area (Å²) in [4.78, 5) is 0. The second-order valence-corrected chi connectivity index (χ2v) is 4.78. The van der Waals surface area contributed by atoms with Crippen LogP contribution in [0.25, 0.3) is 0 Å². The maximum atomic E-state index is 4.13. The van der Waals surface area contributed by atoms with Crippen LogP contribution in [-0.2, 0) is 5.41 Å². The summed E-state index contributed by atoms with van der Waals surface area (Å²) in [6.07, 6.45) is 0. The predicted octanol–water partition coefficient (Wildman–Crippen LogP) is 0.876. The molecule has 0 bridgehead atoms. The van der Waals surface area contributed by atoms with E-state index in [-0.39, 0.29) is 5.41 Å². The first kappa shape index (κ1) is 9.69. The molecule has 0 aromatic carbocycles. The van der Waals surface area contributed by atoms with Gasteiger partial charge < -0.3 is 0 Å². The first-order valence-corrected chi connectivity index (χ1v) is 4.79. The molecule has 0 unspecified atom stereocenters. The molecule has 0 amide bonds. The van der Waals surface area contributed by atoms with Gasteiger partial charge in [-0.25, -0.2) is 0 Å². The Balaban J connectivity index is 3.14. The third kappa shape index (κ3) is 2.05. The second-order valence-electron chi connectivity index (χ2n) is 3.97. The third-order valence-electron chi connectivity index (χ3n) is 1.71. The van der Waals surface area contributed by atoms with Crippen LogP contribution in [0.1, 0.15) is 32.0 Å². The molecule has 0 saturated heterocycles. The van der Waals surface area contributed by atoms with Crippen molar-refractivity contribution >= 4 is 20.6 Å². The van der Waals surface area contributed by atoms with E-state index in [1.807, 2.05) is 6.92 Å². The van der Waals surface area contributed by atoms with Gasteiger partial charge in [0.2, 0.25) is 0 Å². The van der Waals surface area contributed by atoms with Crippen LogP contribution in [0.3, 0.4) is 0 Å². The van der Waals surface area contributed by atoms with Crippen molar-refractivity contribution in [3.63, 3.8) is 0 Å². The average molecular weight is 228 g/mol. The molecule has 12 heavy (non-hydrogen) atoms. The number of rotatable bonds is 0. The molecule has 1 heterocycles. The predicted molar refractivity (Wildman–Crippen MR) is 50.9 cm³/mol. The van der Waals surface area contributed by atoms with Gasteiger partial charge in [0.05, 0.1) is 0 Å². The molecule has 1 aromatic heterocycles. The number of hydrogen-bond donors (Lipinski definition) is 0. The Kier molecular flexibility index (Phi) is 2.55. The quantitative estimate of drug-likeness (QED) is 0.616. The SMILES string of the molecule is Cc1cc(C(C)(C)C)nnc1[Se]. The number of hydrogen-bond acceptors (Lipinski definition) is 2. The summed E-state index contributed by atoms with van der Waals surface area (Å²) in [5.74, 6) is 0. The van der Waals surface area contributed by atoms with Gasteiger partial charge in [0.25, 0.3) is 0 Å². The zero-order chi connectivity index (χ0) is 9.35. The van der Waals surface area contributed by atoms with E-state index in [4.69, 9.17) is 0 Å². The summed E-state index contributed by atoms with van der Waals surface area (Å²) in [7, 11) is 0. The monoisotopic (exact) mass is 229 g/mol. The number of aryl methyl sites for hydroxylation is 1. The van der Waals surface area contributed by atoms with Crippen molar-refractivity contribution in [3.8, 4) is 0 Å². The molecule has 1 aromatic rings. The van der Waals surface area contributed by atoms with Gasteiger partial charge in [-0.05, 0) is 0 Å². The van der Waals surface area contributed by atoms with E-state index in [0.29, 0.717) is 0 Å². The van der Waals surface area contributed by atoms with Gasteiger partial charge in [0.1, 0.15) is 0 Å². The molecule has 0 N–H and O–H groups in total. The van der Waals surface area contributed by atoms with E-state index < -0.39 is 0 Å². The van der Waals surface area contributed by atoms with Crippen molar-refractivity contribution in [2.75, 3.05) is 0 Å². The van der Waals surface area contributed by atoms with Crippen molar-refractivity contribution in [3.05, 3.63) is 17.3 Å². The van der Waals surface area contributed by atoms with Crippen LogP contribution in [0.2, 0.25) is 0 Å². The van der Waals surface area contributed by atoms with E-state index in [0.717, 1.165) is 15.8 Å². The zero-order valence-electron chi connectivity index (χ0n) is 7.88. The molecule has 65 valence electrons. The first-order chi connectivity index (χ1) is 5.41. The number of nitrogens with zero attached hydrogens (tertiary/aromatic N) is 2. The van der Waals surface area contributed by atoms with Crippen LogP contribution in [0.15, 0.2) is 6.07 Å². The van der Waals surface area contributed by atoms with Crippen molar-refractivity contribution in [2.45, 2.75) is 33.1 Å². The normalized spacial score (nSPS) is 11.7. The average Bonchev–Trinajstić information content (AvgIpc) is 1.92. The fraction of sp³-hybridized carbons (Fsp3) is 0.556. The summed E-state index contributed by atoms with van der Waals surface area (Å²) >= 11 is 2.88.